The lowest BCUT2D eigenvalue weighted by Gasteiger charge is -2.30. The van der Waals surface area contributed by atoms with Crippen LogP contribution in [0.15, 0.2) is 24.3 Å². The number of hydrogen-bond donors (Lipinski definition) is 0. The Balaban J connectivity index is 1.71. The molecule has 0 aliphatic carbocycles. The summed E-state index contributed by atoms with van der Waals surface area (Å²) in [5, 5.41) is 0. The van der Waals surface area contributed by atoms with Crippen molar-refractivity contribution in [3.8, 4) is 5.75 Å². The van der Waals surface area contributed by atoms with Gasteiger partial charge in [-0.2, -0.15) is 0 Å². The summed E-state index contributed by atoms with van der Waals surface area (Å²) in [6, 6.07) is 8.27. The van der Waals surface area contributed by atoms with E-state index in [0.717, 1.165) is 25.2 Å². The molecule has 0 amide bonds. The van der Waals surface area contributed by atoms with Crippen LogP contribution in [0.3, 0.4) is 0 Å². The minimum atomic E-state index is 0.0616. The van der Waals surface area contributed by atoms with Crippen molar-refractivity contribution in [3.05, 3.63) is 29.8 Å². The smallest absolute Gasteiger partial charge is 0.119 e. The van der Waals surface area contributed by atoms with Crippen LogP contribution in [-0.2, 0) is 9.47 Å². The highest BCUT2D eigenvalue weighted by atomic mass is 16.6. The average molecular weight is 320 g/mol. The molecule has 0 N–H and O–H groups in total. The Labute approximate surface area is 141 Å². The van der Waals surface area contributed by atoms with Gasteiger partial charge in [0.05, 0.1) is 25.9 Å². The Hall–Kier alpha value is -1.06. The van der Waals surface area contributed by atoms with Crippen LogP contribution in [0, 0.1) is 0 Å². The zero-order valence-electron chi connectivity index (χ0n) is 14.8. The lowest BCUT2D eigenvalue weighted by Crippen LogP contribution is -2.31. The van der Waals surface area contributed by atoms with Crippen LogP contribution in [0.4, 0.5) is 0 Å². The summed E-state index contributed by atoms with van der Waals surface area (Å²) in [5.74, 6) is 0.944. The second-order valence-electron chi connectivity index (χ2n) is 6.40. The third-order valence-electron chi connectivity index (χ3n) is 4.36. The van der Waals surface area contributed by atoms with Gasteiger partial charge in [-0.05, 0) is 30.5 Å². The predicted molar refractivity (Wildman–Crippen MR) is 94.0 cm³/mol. The van der Waals surface area contributed by atoms with Crippen molar-refractivity contribution in [1.82, 2.24) is 0 Å². The number of benzene rings is 1. The molecule has 1 aromatic carbocycles. The van der Waals surface area contributed by atoms with E-state index in [9.17, 15) is 0 Å². The van der Waals surface area contributed by atoms with Gasteiger partial charge in [-0.15, -0.1) is 0 Å². The second-order valence-corrected chi connectivity index (χ2v) is 6.40. The van der Waals surface area contributed by atoms with Crippen LogP contribution in [0.1, 0.15) is 70.5 Å². The van der Waals surface area contributed by atoms with E-state index in [1.54, 1.807) is 0 Å². The zero-order valence-corrected chi connectivity index (χ0v) is 14.8. The van der Waals surface area contributed by atoms with E-state index >= 15 is 0 Å². The standard InChI is InChI=1S/C20H32O3/c1-3-5-7-9-19-15-23-20(16-22-19)17-10-12-18(13-11-17)21-14-8-6-4-2/h10-13,19-20H,3-9,14-16H2,1-2H3/t19-,20-/m1/s1. The molecule has 23 heavy (non-hydrogen) atoms. The Morgan fingerprint density at radius 1 is 0.913 bits per heavy atom. The molecular weight excluding hydrogens is 288 g/mol. The van der Waals surface area contributed by atoms with Crippen molar-refractivity contribution in [3.63, 3.8) is 0 Å². The predicted octanol–water partition coefficient (Wildman–Crippen LogP) is 5.29. The lowest BCUT2D eigenvalue weighted by molar-refractivity contribution is -0.137. The molecule has 0 radical (unpaired) electrons. The fourth-order valence-corrected chi connectivity index (χ4v) is 2.85. The molecule has 0 unspecified atom stereocenters. The van der Waals surface area contributed by atoms with Crippen molar-refractivity contribution in [2.75, 3.05) is 19.8 Å². The summed E-state index contributed by atoms with van der Waals surface area (Å²) >= 11 is 0. The minimum Gasteiger partial charge on any atom is -0.494 e. The maximum absolute atomic E-state index is 5.99. The molecule has 3 heteroatoms. The van der Waals surface area contributed by atoms with Gasteiger partial charge in [-0.1, -0.05) is 58.1 Å². The molecule has 0 spiro atoms. The SMILES string of the molecule is CCCCCOc1ccc([C@H]2CO[C@H](CCCCC)CO2)cc1. The van der Waals surface area contributed by atoms with Gasteiger partial charge in [0, 0.05) is 0 Å². The summed E-state index contributed by atoms with van der Waals surface area (Å²) in [7, 11) is 0. The summed E-state index contributed by atoms with van der Waals surface area (Å²) in [6.07, 6.45) is 8.80. The fourth-order valence-electron chi connectivity index (χ4n) is 2.85. The summed E-state index contributed by atoms with van der Waals surface area (Å²) in [5.41, 5.74) is 1.18. The van der Waals surface area contributed by atoms with E-state index in [1.165, 1.54) is 37.7 Å². The first-order valence-corrected chi connectivity index (χ1v) is 9.29. The number of hydrogen-bond acceptors (Lipinski definition) is 3. The van der Waals surface area contributed by atoms with E-state index in [2.05, 4.69) is 26.0 Å². The molecule has 1 aromatic rings. The van der Waals surface area contributed by atoms with Gasteiger partial charge in [-0.25, -0.2) is 0 Å². The van der Waals surface area contributed by atoms with Gasteiger partial charge >= 0.3 is 0 Å². The van der Waals surface area contributed by atoms with E-state index in [4.69, 9.17) is 14.2 Å². The van der Waals surface area contributed by atoms with Crippen molar-refractivity contribution in [2.45, 2.75) is 71.0 Å². The highest BCUT2D eigenvalue weighted by Crippen LogP contribution is 2.26. The van der Waals surface area contributed by atoms with E-state index in [1.807, 2.05) is 12.1 Å². The molecule has 0 bridgehead atoms. The fraction of sp³-hybridized carbons (Fsp3) is 0.700. The molecular formula is C20H32O3. The first kappa shape index (κ1) is 18.3. The lowest BCUT2D eigenvalue weighted by atomic mass is 10.1. The topological polar surface area (TPSA) is 27.7 Å². The summed E-state index contributed by atoms with van der Waals surface area (Å²) in [6.45, 7) is 6.60. The molecule has 0 aromatic heterocycles. The van der Waals surface area contributed by atoms with Crippen molar-refractivity contribution in [1.29, 1.82) is 0 Å². The Bertz CT molecular complexity index is 407. The van der Waals surface area contributed by atoms with Gasteiger partial charge in [-0.3, -0.25) is 0 Å². The van der Waals surface area contributed by atoms with Crippen LogP contribution >= 0.6 is 0 Å². The van der Waals surface area contributed by atoms with E-state index in [0.29, 0.717) is 13.2 Å². The Morgan fingerprint density at radius 2 is 1.65 bits per heavy atom. The molecule has 1 heterocycles. The Morgan fingerprint density at radius 3 is 2.30 bits per heavy atom. The maximum atomic E-state index is 5.99. The molecule has 2 atom stereocenters. The monoisotopic (exact) mass is 320 g/mol. The molecule has 1 saturated heterocycles. The molecule has 0 saturated carbocycles. The highest BCUT2D eigenvalue weighted by molar-refractivity contribution is 5.28. The van der Waals surface area contributed by atoms with Gasteiger partial charge < -0.3 is 14.2 Å². The maximum Gasteiger partial charge on any atom is 0.119 e. The van der Waals surface area contributed by atoms with Crippen LogP contribution < -0.4 is 4.74 Å². The van der Waals surface area contributed by atoms with Crippen LogP contribution in [0.5, 0.6) is 5.75 Å². The molecule has 1 fully saturated rings. The van der Waals surface area contributed by atoms with Crippen molar-refractivity contribution >= 4 is 0 Å². The van der Waals surface area contributed by atoms with Crippen molar-refractivity contribution < 1.29 is 14.2 Å². The van der Waals surface area contributed by atoms with Crippen LogP contribution in [-0.4, -0.2) is 25.9 Å². The Kier molecular flexibility index (Phi) is 8.48. The first-order valence-electron chi connectivity index (χ1n) is 9.29. The largest absolute Gasteiger partial charge is 0.494 e. The normalized spacial score (nSPS) is 21.3. The first-order chi connectivity index (χ1) is 11.3. The molecule has 2 rings (SSSR count). The second kappa shape index (κ2) is 10.7. The van der Waals surface area contributed by atoms with Crippen molar-refractivity contribution in [2.24, 2.45) is 0 Å². The van der Waals surface area contributed by atoms with Gasteiger partial charge in [0.1, 0.15) is 11.9 Å². The number of ether oxygens (including phenoxy) is 3. The van der Waals surface area contributed by atoms with E-state index < -0.39 is 0 Å². The van der Waals surface area contributed by atoms with Crippen LogP contribution in [0.2, 0.25) is 0 Å². The molecule has 3 nitrogen and oxygen atoms in total. The number of unbranched alkanes of at least 4 members (excludes halogenated alkanes) is 4. The molecule has 130 valence electrons. The highest BCUT2D eigenvalue weighted by Gasteiger charge is 2.23. The van der Waals surface area contributed by atoms with Gasteiger partial charge in [0.15, 0.2) is 0 Å². The van der Waals surface area contributed by atoms with Gasteiger partial charge in [0.2, 0.25) is 0 Å². The third-order valence-corrected chi connectivity index (χ3v) is 4.36. The average Bonchev–Trinajstić information content (AvgIpc) is 2.60. The van der Waals surface area contributed by atoms with Gasteiger partial charge in [0.25, 0.3) is 0 Å². The van der Waals surface area contributed by atoms with Crippen LogP contribution in [0.25, 0.3) is 0 Å². The summed E-state index contributed by atoms with van der Waals surface area (Å²) < 4.78 is 17.7. The third kappa shape index (κ3) is 6.52. The number of rotatable bonds is 10. The molecule has 1 aliphatic heterocycles. The minimum absolute atomic E-state index is 0.0616. The quantitative estimate of drug-likeness (QED) is 0.548. The zero-order chi connectivity index (χ0) is 16.3. The summed E-state index contributed by atoms with van der Waals surface area (Å²) in [4.78, 5) is 0. The van der Waals surface area contributed by atoms with E-state index in [-0.39, 0.29) is 12.2 Å². The molecule has 1 aliphatic rings.